The first kappa shape index (κ1) is 14.1. The highest BCUT2D eigenvalue weighted by atomic mass is 19.4. The number of halogens is 3. The Bertz CT molecular complexity index is 611. The molecule has 1 aromatic heterocycles. The summed E-state index contributed by atoms with van der Waals surface area (Å²) in [7, 11) is 1.71. The fraction of sp³-hybridized carbons (Fsp3) is 0.231. The minimum atomic E-state index is -4.37. The summed E-state index contributed by atoms with van der Waals surface area (Å²) in [5, 5.41) is 5.75. The molecule has 0 saturated heterocycles. The molecule has 0 aliphatic heterocycles. The summed E-state index contributed by atoms with van der Waals surface area (Å²) in [6, 6.07) is 4.97. The zero-order valence-corrected chi connectivity index (χ0v) is 10.9. The SMILES string of the molecule is CNc1ncnc(Nc2cccc(C(F)(F)F)c2)c1C. The second-order valence-corrected chi connectivity index (χ2v) is 4.15. The van der Waals surface area contributed by atoms with E-state index in [0.29, 0.717) is 17.3 Å². The molecule has 1 aromatic carbocycles. The van der Waals surface area contributed by atoms with Crippen LogP contribution in [0.25, 0.3) is 0 Å². The van der Waals surface area contributed by atoms with E-state index in [0.717, 1.165) is 17.7 Å². The normalized spacial score (nSPS) is 11.2. The average Bonchev–Trinajstić information content (AvgIpc) is 2.40. The molecule has 1 heterocycles. The van der Waals surface area contributed by atoms with Crippen LogP contribution in [0.4, 0.5) is 30.5 Å². The Balaban J connectivity index is 2.31. The van der Waals surface area contributed by atoms with E-state index in [4.69, 9.17) is 0 Å². The maximum Gasteiger partial charge on any atom is 0.416 e. The van der Waals surface area contributed by atoms with Crippen LogP contribution < -0.4 is 10.6 Å². The number of nitrogens with one attached hydrogen (secondary N) is 2. The summed E-state index contributed by atoms with van der Waals surface area (Å²) in [4.78, 5) is 8.04. The van der Waals surface area contributed by atoms with Crippen molar-refractivity contribution in [3.05, 3.63) is 41.7 Å². The minimum absolute atomic E-state index is 0.323. The number of nitrogens with zero attached hydrogens (tertiary/aromatic N) is 2. The van der Waals surface area contributed by atoms with E-state index in [-0.39, 0.29) is 0 Å². The topological polar surface area (TPSA) is 49.8 Å². The second kappa shape index (κ2) is 5.36. The van der Waals surface area contributed by atoms with Gasteiger partial charge in [0, 0.05) is 18.3 Å². The zero-order valence-electron chi connectivity index (χ0n) is 10.9. The van der Waals surface area contributed by atoms with Gasteiger partial charge >= 0.3 is 6.18 Å². The smallest absolute Gasteiger partial charge is 0.373 e. The summed E-state index contributed by atoms with van der Waals surface area (Å²) in [5.41, 5.74) is 0.346. The molecule has 0 amide bonds. The quantitative estimate of drug-likeness (QED) is 0.903. The van der Waals surface area contributed by atoms with Crippen LogP contribution in [0.1, 0.15) is 11.1 Å². The lowest BCUT2D eigenvalue weighted by atomic mass is 10.2. The molecule has 0 saturated carbocycles. The Hall–Kier alpha value is -2.31. The van der Waals surface area contributed by atoms with Crippen molar-refractivity contribution in [3.8, 4) is 0 Å². The third-order valence-corrected chi connectivity index (χ3v) is 2.77. The van der Waals surface area contributed by atoms with Gasteiger partial charge in [0.15, 0.2) is 0 Å². The molecule has 0 atom stereocenters. The monoisotopic (exact) mass is 282 g/mol. The summed E-state index contributed by atoms with van der Waals surface area (Å²) >= 11 is 0. The molecule has 0 fully saturated rings. The zero-order chi connectivity index (χ0) is 14.8. The lowest BCUT2D eigenvalue weighted by molar-refractivity contribution is -0.137. The number of rotatable bonds is 3. The first-order valence-electron chi connectivity index (χ1n) is 5.85. The number of anilines is 3. The third kappa shape index (κ3) is 2.98. The van der Waals surface area contributed by atoms with Gasteiger partial charge in [-0.1, -0.05) is 6.07 Å². The van der Waals surface area contributed by atoms with Crippen LogP contribution in [0.5, 0.6) is 0 Å². The van der Waals surface area contributed by atoms with Gasteiger partial charge in [0.25, 0.3) is 0 Å². The maximum atomic E-state index is 12.6. The number of aromatic nitrogens is 2. The summed E-state index contributed by atoms with van der Waals surface area (Å²) in [6.07, 6.45) is -3.02. The average molecular weight is 282 g/mol. The highest BCUT2D eigenvalue weighted by Gasteiger charge is 2.30. The van der Waals surface area contributed by atoms with E-state index < -0.39 is 11.7 Å². The van der Waals surface area contributed by atoms with Gasteiger partial charge in [0.05, 0.1) is 5.56 Å². The van der Waals surface area contributed by atoms with Crippen molar-refractivity contribution in [2.24, 2.45) is 0 Å². The lowest BCUT2D eigenvalue weighted by Gasteiger charge is -2.12. The van der Waals surface area contributed by atoms with Crippen molar-refractivity contribution in [1.29, 1.82) is 0 Å². The molecule has 2 rings (SSSR count). The van der Waals surface area contributed by atoms with Gasteiger partial charge < -0.3 is 10.6 Å². The fourth-order valence-electron chi connectivity index (χ4n) is 1.74. The van der Waals surface area contributed by atoms with Crippen molar-refractivity contribution in [3.63, 3.8) is 0 Å². The highest BCUT2D eigenvalue weighted by molar-refractivity contribution is 5.64. The first-order valence-corrected chi connectivity index (χ1v) is 5.85. The molecule has 4 nitrogen and oxygen atoms in total. The highest BCUT2D eigenvalue weighted by Crippen LogP contribution is 2.31. The third-order valence-electron chi connectivity index (χ3n) is 2.77. The Morgan fingerprint density at radius 1 is 1.10 bits per heavy atom. The number of benzene rings is 1. The Morgan fingerprint density at radius 3 is 2.45 bits per heavy atom. The Morgan fingerprint density at radius 2 is 1.80 bits per heavy atom. The number of hydrogen-bond acceptors (Lipinski definition) is 4. The number of alkyl halides is 3. The lowest BCUT2D eigenvalue weighted by Crippen LogP contribution is -2.06. The largest absolute Gasteiger partial charge is 0.416 e. The molecular formula is C13H13F3N4. The fourth-order valence-corrected chi connectivity index (χ4v) is 1.74. The van der Waals surface area contributed by atoms with Crippen LogP contribution in [-0.4, -0.2) is 17.0 Å². The Kier molecular flexibility index (Phi) is 3.78. The van der Waals surface area contributed by atoms with Crippen LogP contribution in [-0.2, 0) is 6.18 Å². The standard InChI is InChI=1S/C13H13F3N4/c1-8-11(17-2)18-7-19-12(8)20-10-5-3-4-9(6-10)13(14,15)16/h3-7H,1-2H3,(H2,17,18,19,20). The maximum absolute atomic E-state index is 12.6. The van der Waals surface area contributed by atoms with Gasteiger partial charge in [0.1, 0.15) is 18.0 Å². The molecule has 0 unspecified atom stereocenters. The van der Waals surface area contributed by atoms with Gasteiger partial charge in [-0.2, -0.15) is 13.2 Å². The van der Waals surface area contributed by atoms with Crippen LogP contribution in [0, 0.1) is 6.92 Å². The molecule has 0 spiro atoms. The number of hydrogen-bond donors (Lipinski definition) is 2. The van der Waals surface area contributed by atoms with Gasteiger partial charge in [-0.3, -0.25) is 0 Å². The van der Waals surface area contributed by atoms with Gasteiger partial charge in [-0.25, -0.2) is 9.97 Å². The van der Waals surface area contributed by atoms with Gasteiger partial charge in [0.2, 0.25) is 0 Å². The molecule has 106 valence electrons. The van der Waals surface area contributed by atoms with Gasteiger partial charge in [-0.15, -0.1) is 0 Å². The summed E-state index contributed by atoms with van der Waals surface area (Å²) < 4.78 is 37.9. The Labute approximate surface area is 114 Å². The van der Waals surface area contributed by atoms with Gasteiger partial charge in [-0.05, 0) is 25.1 Å². The summed E-state index contributed by atoms with van der Waals surface area (Å²) in [6.45, 7) is 1.78. The predicted molar refractivity (Wildman–Crippen MR) is 71.0 cm³/mol. The van der Waals surface area contributed by atoms with E-state index in [1.165, 1.54) is 12.4 Å². The minimum Gasteiger partial charge on any atom is -0.373 e. The van der Waals surface area contributed by atoms with E-state index in [1.807, 2.05) is 0 Å². The molecule has 7 heteroatoms. The van der Waals surface area contributed by atoms with Crippen LogP contribution in [0.3, 0.4) is 0 Å². The van der Waals surface area contributed by atoms with E-state index in [1.54, 1.807) is 20.0 Å². The summed E-state index contributed by atoms with van der Waals surface area (Å²) in [5.74, 6) is 1.08. The van der Waals surface area contributed by atoms with Crippen molar-refractivity contribution >= 4 is 17.3 Å². The van der Waals surface area contributed by atoms with Crippen LogP contribution in [0.15, 0.2) is 30.6 Å². The molecule has 2 aromatic rings. The molecule has 0 aliphatic carbocycles. The first-order chi connectivity index (χ1) is 9.41. The van der Waals surface area contributed by atoms with Crippen molar-refractivity contribution < 1.29 is 13.2 Å². The van der Waals surface area contributed by atoms with Crippen LogP contribution >= 0.6 is 0 Å². The van der Waals surface area contributed by atoms with Crippen LogP contribution in [0.2, 0.25) is 0 Å². The second-order valence-electron chi connectivity index (χ2n) is 4.15. The van der Waals surface area contributed by atoms with Crippen molar-refractivity contribution in [2.75, 3.05) is 17.7 Å². The molecule has 0 radical (unpaired) electrons. The molecular weight excluding hydrogens is 269 g/mol. The van der Waals surface area contributed by atoms with Crippen molar-refractivity contribution in [1.82, 2.24) is 9.97 Å². The molecule has 2 N–H and O–H groups in total. The molecule has 0 bridgehead atoms. The molecule has 0 aliphatic rings. The molecule has 20 heavy (non-hydrogen) atoms. The van der Waals surface area contributed by atoms with Crippen molar-refractivity contribution in [2.45, 2.75) is 13.1 Å². The van der Waals surface area contributed by atoms with E-state index >= 15 is 0 Å². The predicted octanol–water partition coefficient (Wildman–Crippen LogP) is 3.59. The van der Waals surface area contributed by atoms with E-state index in [9.17, 15) is 13.2 Å². The van der Waals surface area contributed by atoms with E-state index in [2.05, 4.69) is 20.6 Å².